The fourth-order valence-electron chi connectivity index (χ4n) is 2.12. The van der Waals surface area contributed by atoms with Gasteiger partial charge in [-0.25, -0.2) is 4.79 Å². The molecule has 23 heavy (non-hydrogen) atoms. The maximum absolute atomic E-state index is 11.5. The molecule has 0 aromatic carbocycles. The number of ether oxygens (including phenoxy) is 1. The maximum Gasteiger partial charge on any atom is 0.407 e. The molecule has 6 nitrogen and oxygen atoms in total. The Bertz CT molecular complexity index is 377. The number of carbonyl (C=O) groups excluding carboxylic acids is 1. The summed E-state index contributed by atoms with van der Waals surface area (Å²) in [5.41, 5.74) is -0.453. The lowest BCUT2D eigenvalue weighted by molar-refractivity contribution is 0.0527. The van der Waals surface area contributed by atoms with Gasteiger partial charge in [0, 0.05) is 24.9 Å². The summed E-state index contributed by atoms with van der Waals surface area (Å²) in [6.07, 6.45) is 3.04. The number of carbonyl (C=O) groups is 1. The second-order valence-electron chi connectivity index (χ2n) is 6.56. The van der Waals surface area contributed by atoms with Crippen molar-refractivity contribution in [2.24, 2.45) is 4.99 Å². The lowest BCUT2D eigenvalue weighted by Gasteiger charge is -2.19. The summed E-state index contributed by atoms with van der Waals surface area (Å²) < 4.78 is 5.19. The highest BCUT2D eigenvalue weighted by Crippen LogP contribution is 2.25. The molecule has 0 aliphatic carbocycles. The number of nitrogens with zero attached hydrogens (tertiary/aromatic N) is 1. The quantitative estimate of drug-likeness (QED) is 0.375. The minimum Gasteiger partial charge on any atom is -0.444 e. The molecular formula is C16H32N4O2S. The van der Waals surface area contributed by atoms with Gasteiger partial charge in [-0.2, -0.15) is 11.8 Å². The molecule has 1 saturated heterocycles. The molecule has 0 bridgehead atoms. The van der Waals surface area contributed by atoms with Crippen molar-refractivity contribution in [1.82, 2.24) is 16.0 Å². The van der Waals surface area contributed by atoms with Crippen LogP contribution in [0, 0.1) is 0 Å². The van der Waals surface area contributed by atoms with Crippen LogP contribution in [0.2, 0.25) is 0 Å². The van der Waals surface area contributed by atoms with Gasteiger partial charge in [-0.05, 0) is 52.7 Å². The van der Waals surface area contributed by atoms with Crippen LogP contribution < -0.4 is 16.0 Å². The summed E-state index contributed by atoms with van der Waals surface area (Å²) in [6.45, 7) is 10.7. The molecule has 134 valence electrons. The van der Waals surface area contributed by atoms with Gasteiger partial charge in [0.05, 0.1) is 6.54 Å². The van der Waals surface area contributed by atoms with E-state index in [1.165, 1.54) is 18.6 Å². The Morgan fingerprint density at radius 1 is 1.26 bits per heavy atom. The minimum atomic E-state index is -0.453. The third kappa shape index (κ3) is 10.3. The Balaban J connectivity index is 2.17. The Hall–Kier alpha value is -1.11. The highest BCUT2D eigenvalue weighted by atomic mass is 32.2. The number of thioether (sulfide) groups is 1. The van der Waals surface area contributed by atoms with Crippen molar-refractivity contribution < 1.29 is 9.53 Å². The summed E-state index contributed by atoms with van der Waals surface area (Å²) in [4.78, 5) is 16.2. The Labute approximate surface area is 144 Å². The van der Waals surface area contributed by atoms with E-state index in [4.69, 9.17) is 4.74 Å². The zero-order valence-electron chi connectivity index (χ0n) is 14.9. The van der Waals surface area contributed by atoms with Crippen LogP contribution >= 0.6 is 11.8 Å². The average Bonchev–Trinajstić information content (AvgIpc) is 2.95. The third-order valence-corrected chi connectivity index (χ3v) is 4.52. The van der Waals surface area contributed by atoms with Crippen molar-refractivity contribution in [1.29, 1.82) is 0 Å². The number of nitrogens with one attached hydrogen (secondary N) is 3. The minimum absolute atomic E-state index is 0.365. The number of rotatable bonds is 7. The van der Waals surface area contributed by atoms with Crippen molar-refractivity contribution in [2.75, 3.05) is 31.9 Å². The molecule has 0 spiro atoms. The molecule has 1 amide bonds. The lowest BCUT2D eigenvalue weighted by Crippen LogP contribution is -2.39. The van der Waals surface area contributed by atoms with Gasteiger partial charge in [0.25, 0.3) is 0 Å². The number of amides is 1. The summed E-state index contributed by atoms with van der Waals surface area (Å²) in [6, 6.07) is 0. The van der Waals surface area contributed by atoms with E-state index in [1.54, 1.807) is 0 Å². The fourth-order valence-corrected chi connectivity index (χ4v) is 3.30. The standard InChI is InChI=1S/C16H32N4O2S/c1-5-17-14(20-12-13-8-6-11-23-13)18-9-7-10-19-15(21)22-16(2,3)4/h13H,5-12H2,1-4H3,(H,19,21)(H2,17,18,20). The average molecular weight is 345 g/mol. The van der Waals surface area contributed by atoms with Crippen molar-refractivity contribution in [2.45, 2.75) is 57.8 Å². The molecule has 1 fully saturated rings. The molecule has 1 aliphatic rings. The zero-order chi connectivity index (χ0) is 17.1. The molecule has 0 aromatic heterocycles. The Kier molecular flexibility index (Phi) is 9.21. The lowest BCUT2D eigenvalue weighted by atomic mass is 10.2. The molecule has 0 radical (unpaired) electrons. The van der Waals surface area contributed by atoms with Crippen LogP contribution in [0.1, 0.15) is 47.0 Å². The molecule has 7 heteroatoms. The van der Waals surface area contributed by atoms with Crippen molar-refractivity contribution in [3.8, 4) is 0 Å². The van der Waals surface area contributed by atoms with E-state index in [-0.39, 0.29) is 6.09 Å². The van der Waals surface area contributed by atoms with E-state index in [0.29, 0.717) is 11.8 Å². The van der Waals surface area contributed by atoms with Crippen LogP contribution in [-0.4, -0.2) is 54.8 Å². The second-order valence-corrected chi connectivity index (χ2v) is 7.97. The number of aliphatic imine (C=N–C) groups is 1. The zero-order valence-corrected chi connectivity index (χ0v) is 15.7. The molecule has 1 aliphatic heterocycles. The predicted molar refractivity (Wildman–Crippen MR) is 98.3 cm³/mol. The summed E-state index contributed by atoms with van der Waals surface area (Å²) in [5.74, 6) is 2.12. The van der Waals surface area contributed by atoms with Gasteiger partial charge < -0.3 is 20.7 Å². The number of alkyl carbamates (subject to hydrolysis) is 1. The highest BCUT2D eigenvalue weighted by molar-refractivity contribution is 8.00. The SMILES string of the molecule is CCNC(=NCC1CCCS1)NCCCNC(=O)OC(C)(C)C. The van der Waals surface area contributed by atoms with Crippen molar-refractivity contribution >= 4 is 23.8 Å². The van der Waals surface area contributed by atoms with Gasteiger partial charge in [0.2, 0.25) is 0 Å². The van der Waals surface area contributed by atoms with Crippen molar-refractivity contribution in [3.05, 3.63) is 0 Å². The number of guanidine groups is 1. The Morgan fingerprint density at radius 3 is 2.61 bits per heavy atom. The van der Waals surface area contributed by atoms with Crippen LogP contribution in [0.3, 0.4) is 0 Å². The smallest absolute Gasteiger partial charge is 0.407 e. The van der Waals surface area contributed by atoms with E-state index in [9.17, 15) is 4.79 Å². The van der Waals surface area contributed by atoms with Gasteiger partial charge >= 0.3 is 6.09 Å². The summed E-state index contributed by atoms with van der Waals surface area (Å²) in [5, 5.41) is 9.98. The van der Waals surface area contributed by atoms with Crippen molar-refractivity contribution in [3.63, 3.8) is 0 Å². The third-order valence-electron chi connectivity index (χ3n) is 3.14. The predicted octanol–water partition coefficient (Wildman–Crippen LogP) is 2.35. The van der Waals surface area contributed by atoms with Crippen LogP contribution in [0.4, 0.5) is 4.79 Å². The molecule has 1 atom stereocenters. The fraction of sp³-hybridized carbons (Fsp3) is 0.875. The van der Waals surface area contributed by atoms with Gasteiger partial charge in [-0.15, -0.1) is 0 Å². The van der Waals surface area contributed by atoms with Crippen LogP contribution in [0.15, 0.2) is 4.99 Å². The van der Waals surface area contributed by atoms with Gasteiger partial charge in [0.1, 0.15) is 5.60 Å². The molecular weight excluding hydrogens is 312 g/mol. The van der Waals surface area contributed by atoms with E-state index in [1.807, 2.05) is 32.5 Å². The molecule has 0 saturated carbocycles. The molecule has 3 N–H and O–H groups in total. The first kappa shape index (κ1) is 19.9. The first-order valence-corrected chi connectivity index (χ1v) is 9.56. The molecule has 0 aromatic rings. The highest BCUT2D eigenvalue weighted by Gasteiger charge is 2.16. The van der Waals surface area contributed by atoms with E-state index in [2.05, 4.69) is 27.9 Å². The molecule has 1 unspecified atom stereocenters. The molecule has 1 rings (SSSR count). The monoisotopic (exact) mass is 344 g/mol. The maximum atomic E-state index is 11.5. The van der Waals surface area contributed by atoms with E-state index < -0.39 is 5.60 Å². The van der Waals surface area contributed by atoms with Crippen LogP contribution in [0.25, 0.3) is 0 Å². The topological polar surface area (TPSA) is 74.8 Å². The normalized spacial score (nSPS) is 18.6. The molecule has 1 heterocycles. The van der Waals surface area contributed by atoms with E-state index >= 15 is 0 Å². The van der Waals surface area contributed by atoms with Crippen LogP contribution in [-0.2, 0) is 4.74 Å². The number of hydrogen-bond donors (Lipinski definition) is 3. The van der Waals surface area contributed by atoms with Crippen LogP contribution in [0.5, 0.6) is 0 Å². The second kappa shape index (κ2) is 10.6. The summed E-state index contributed by atoms with van der Waals surface area (Å²) >= 11 is 2.02. The Morgan fingerprint density at radius 2 is 2.00 bits per heavy atom. The van der Waals surface area contributed by atoms with E-state index in [0.717, 1.165) is 32.0 Å². The first-order chi connectivity index (χ1) is 10.9. The van der Waals surface area contributed by atoms with Gasteiger partial charge in [-0.1, -0.05) is 0 Å². The van der Waals surface area contributed by atoms with Gasteiger partial charge in [0.15, 0.2) is 5.96 Å². The number of hydrogen-bond acceptors (Lipinski definition) is 4. The largest absolute Gasteiger partial charge is 0.444 e. The van der Waals surface area contributed by atoms with Gasteiger partial charge in [-0.3, -0.25) is 4.99 Å². The first-order valence-electron chi connectivity index (χ1n) is 8.51. The summed E-state index contributed by atoms with van der Waals surface area (Å²) in [7, 11) is 0.